The Kier molecular flexibility index (Phi) is 4.81. The van der Waals surface area contributed by atoms with E-state index < -0.39 is 0 Å². The van der Waals surface area contributed by atoms with Gasteiger partial charge in [-0.05, 0) is 24.7 Å². The van der Waals surface area contributed by atoms with Crippen molar-refractivity contribution in [1.82, 2.24) is 15.3 Å². The van der Waals surface area contributed by atoms with Crippen LogP contribution in [-0.2, 0) is 0 Å². The lowest BCUT2D eigenvalue weighted by molar-refractivity contribution is 0.289. The van der Waals surface area contributed by atoms with Gasteiger partial charge >= 0.3 is 0 Å². The summed E-state index contributed by atoms with van der Waals surface area (Å²) in [5.41, 5.74) is 0. The quantitative estimate of drug-likeness (QED) is 0.487. The molecule has 3 N–H and O–H groups in total. The zero-order chi connectivity index (χ0) is 10.2. The second kappa shape index (κ2) is 6.22. The van der Waals surface area contributed by atoms with E-state index in [0.717, 1.165) is 0 Å². The Morgan fingerprint density at radius 2 is 2.14 bits per heavy atom. The van der Waals surface area contributed by atoms with Crippen LogP contribution in [0.15, 0.2) is 18.5 Å². The van der Waals surface area contributed by atoms with Crippen LogP contribution in [0.4, 0.5) is 5.95 Å². The summed E-state index contributed by atoms with van der Waals surface area (Å²) in [5.74, 6) is 0.467. The largest absolute Gasteiger partial charge is 0.396 e. The van der Waals surface area contributed by atoms with Gasteiger partial charge in [-0.3, -0.25) is 0 Å². The summed E-state index contributed by atoms with van der Waals surface area (Å²) >= 11 is 4.97. The second-order valence-electron chi connectivity index (χ2n) is 2.53. The molecule has 0 radical (unpaired) electrons. The van der Waals surface area contributed by atoms with E-state index in [0.29, 0.717) is 24.0 Å². The van der Waals surface area contributed by atoms with Crippen molar-refractivity contribution in [2.75, 3.05) is 18.5 Å². The van der Waals surface area contributed by atoms with E-state index in [2.05, 4.69) is 20.6 Å². The van der Waals surface area contributed by atoms with E-state index in [1.54, 1.807) is 18.5 Å². The van der Waals surface area contributed by atoms with Gasteiger partial charge in [-0.2, -0.15) is 0 Å². The highest BCUT2D eigenvalue weighted by atomic mass is 32.1. The Balaban J connectivity index is 2.27. The maximum Gasteiger partial charge on any atom is 0.228 e. The van der Waals surface area contributed by atoms with Gasteiger partial charge in [0.2, 0.25) is 5.95 Å². The molecule has 0 saturated carbocycles. The molecule has 0 aliphatic rings. The number of nitrogens with one attached hydrogen (secondary N) is 2. The first-order valence-corrected chi connectivity index (χ1v) is 4.66. The lowest BCUT2D eigenvalue weighted by Gasteiger charge is -2.07. The Morgan fingerprint density at radius 1 is 1.43 bits per heavy atom. The van der Waals surface area contributed by atoms with Crippen LogP contribution in [0.25, 0.3) is 0 Å². The molecule has 14 heavy (non-hydrogen) atoms. The van der Waals surface area contributed by atoms with E-state index in [9.17, 15) is 0 Å². The highest BCUT2D eigenvalue weighted by Crippen LogP contribution is 1.92. The molecule has 0 spiro atoms. The van der Waals surface area contributed by atoms with Crippen LogP contribution in [0.2, 0.25) is 0 Å². The molecule has 0 aliphatic carbocycles. The summed E-state index contributed by atoms with van der Waals surface area (Å²) in [7, 11) is 0. The summed E-state index contributed by atoms with van der Waals surface area (Å²) in [5, 5.41) is 14.7. The third-order valence-corrected chi connectivity index (χ3v) is 1.66. The lowest BCUT2D eigenvalue weighted by Crippen LogP contribution is -2.30. The summed E-state index contributed by atoms with van der Waals surface area (Å²) in [6.07, 6.45) is 3.93. The normalized spacial score (nSPS) is 9.50. The molecule has 1 heterocycles. The van der Waals surface area contributed by atoms with E-state index >= 15 is 0 Å². The second-order valence-corrected chi connectivity index (χ2v) is 2.94. The van der Waals surface area contributed by atoms with Crippen LogP contribution in [0.5, 0.6) is 0 Å². The highest BCUT2D eigenvalue weighted by molar-refractivity contribution is 7.80. The van der Waals surface area contributed by atoms with Gasteiger partial charge in [-0.15, -0.1) is 0 Å². The fourth-order valence-corrected chi connectivity index (χ4v) is 0.984. The van der Waals surface area contributed by atoms with Crippen molar-refractivity contribution in [2.24, 2.45) is 0 Å². The monoisotopic (exact) mass is 212 g/mol. The number of hydrogen-bond donors (Lipinski definition) is 3. The maximum atomic E-state index is 8.54. The van der Waals surface area contributed by atoms with E-state index in [4.69, 9.17) is 17.3 Å². The summed E-state index contributed by atoms with van der Waals surface area (Å²) < 4.78 is 0. The van der Waals surface area contributed by atoms with Crippen LogP contribution in [-0.4, -0.2) is 33.3 Å². The minimum atomic E-state index is 0.150. The predicted octanol–water partition coefficient (Wildman–Crippen LogP) is 0.145. The number of aromatic nitrogens is 2. The molecule has 0 aromatic carbocycles. The number of aliphatic hydroxyl groups excluding tert-OH is 1. The molecule has 5 nitrogen and oxygen atoms in total. The van der Waals surface area contributed by atoms with E-state index in [1.165, 1.54) is 0 Å². The van der Waals surface area contributed by atoms with Crippen molar-refractivity contribution in [3.05, 3.63) is 18.5 Å². The molecule has 0 fully saturated rings. The van der Waals surface area contributed by atoms with Crippen molar-refractivity contribution in [1.29, 1.82) is 0 Å². The molecule has 0 saturated heterocycles. The first-order chi connectivity index (χ1) is 6.83. The van der Waals surface area contributed by atoms with Crippen molar-refractivity contribution in [3.8, 4) is 0 Å². The van der Waals surface area contributed by atoms with Crippen LogP contribution >= 0.6 is 12.2 Å². The van der Waals surface area contributed by atoms with Gasteiger partial charge in [0.25, 0.3) is 0 Å². The molecule has 1 aromatic rings. The summed E-state index contributed by atoms with van der Waals surface area (Å²) in [6, 6.07) is 1.73. The third kappa shape index (κ3) is 4.11. The Hall–Kier alpha value is -1.27. The van der Waals surface area contributed by atoms with Gasteiger partial charge in [-0.1, -0.05) is 0 Å². The Labute approximate surface area is 87.6 Å². The molecule has 76 valence electrons. The molecule has 0 aliphatic heterocycles. The fourth-order valence-electron chi connectivity index (χ4n) is 0.790. The van der Waals surface area contributed by atoms with Crippen LogP contribution in [0.3, 0.4) is 0 Å². The Morgan fingerprint density at radius 3 is 2.79 bits per heavy atom. The minimum absolute atomic E-state index is 0.150. The van der Waals surface area contributed by atoms with E-state index in [1.807, 2.05) is 0 Å². The average molecular weight is 212 g/mol. The van der Waals surface area contributed by atoms with Crippen LogP contribution in [0.1, 0.15) is 6.42 Å². The predicted molar refractivity (Wildman–Crippen MR) is 58.0 cm³/mol. The van der Waals surface area contributed by atoms with Gasteiger partial charge in [-0.25, -0.2) is 9.97 Å². The zero-order valence-corrected chi connectivity index (χ0v) is 8.42. The molecule has 1 aromatic heterocycles. The first kappa shape index (κ1) is 10.8. The average Bonchev–Trinajstić information content (AvgIpc) is 2.20. The SMILES string of the molecule is OCCCNC(=S)Nc1ncccn1. The van der Waals surface area contributed by atoms with Crippen molar-refractivity contribution >= 4 is 23.3 Å². The first-order valence-electron chi connectivity index (χ1n) is 4.25. The number of thiocarbonyl (C=S) groups is 1. The molecule has 0 unspecified atom stereocenters. The number of nitrogens with zero attached hydrogens (tertiary/aromatic N) is 2. The number of aliphatic hydroxyl groups is 1. The van der Waals surface area contributed by atoms with Crippen molar-refractivity contribution in [3.63, 3.8) is 0 Å². The van der Waals surface area contributed by atoms with Gasteiger partial charge in [0, 0.05) is 25.5 Å². The van der Waals surface area contributed by atoms with Crippen molar-refractivity contribution in [2.45, 2.75) is 6.42 Å². The molecule has 0 amide bonds. The topological polar surface area (TPSA) is 70.1 Å². The molecule has 1 rings (SSSR count). The van der Waals surface area contributed by atoms with E-state index in [-0.39, 0.29) is 6.61 Å². The summed E-state index contributed by atoms with van der Waals surface area (Å²) in [4.78, 5) is 7.90. The highest BCUT2D eigenvalue weighted by Gasteiger charge is 1.97. The van der Waals surface area contributed by atoms with Crippen LogP contribution < -0.4 is 10.6 Å². The fraction of sp³-hybridized carbons (Fsp3) is 0.375. The van der Waals surface area contributed by atoms with Crippen LogP contribution in [0, 0.1) is 0 Å². The van der Waals surface area contributed by atoms with Crippen molar-refractivity contribution < 1.29 is 5.11 Å². The molecule has 6 heteroatoms. The molecular formula is C8H12N4OS. The third-order valence-electron chi connectivity index (χ3n) is 1.41. The van der Waals surface area contributed by atoms with Gasteiger partial charge in [0.1, 0.15) is 0 Å². The molecular weight excluding hydrogens is 200 g/mol. The van der Waals surface area contributed by atoms with Gasteiger partial charge < -0.3 is 15.7 Å². The lowest BCUT2D eigenvalue weighted by atomic mass is 10.4. The number of rotatable bonds is 4. The number of hydrogen-bond acceptors (Lipinski definition) is 4. The smallest absolute Gasteiger partial charge is 0.228 e. The summed E-state index contributed by atoms with van der Waals surface area (Å²) in [6.45, 7) is 0.784. The maximum absolute atomic E-state index is 8.54. The zero-order valence-electron chi connectivity index (χ0n) is 7.60. The van der Waals surface area contributed by atoms with Gasteiger partial charge in [0.15, 0.2) is 5.11 Å². The molecule has 0 bridgehead atoms. The Bertz CT molecular complexity index is 280. The standard InChI is InChI=1S/C8H12N4OS/c13-6-2-5-11-8(14)12-7-9-3-1-4-10-7/h1,3-4,13H,2,5-6H2,(H2,9,10,11,12,14). The minimum Gasteiger partial charge on any atom is -0.396 e. The number of anilines is 1. The van der Waals surface area contributed by atoms with Gasteiger partial charge in [0.05, 0.1) is 0 Å². The molecule has 0 atom stereocenters.